The van der Waals surface area contributed by atoms with Gasteiger partial charge in [0.25, 0.3) is 0 Å². The molecule has 0 radical (unpaired) electrons. The highest BCUT2D eigenvalue weighted by Gasteiger charge is 2.45. The fourth-order valence-electron chi connectivity index (χ4n) is 3.70. The maximum absolute atomic E-state index is 11.8. The number of likely N-dealkylation sites (N-methyl/N-ethyl adjacent to an activating group) is 1. The molecule has 2 atom stereocenters. The van der Waals surface area contributed by atoms with E-state index in [1.165, 1.54) is 38.6 Å². The summed E-state index contributed by atoms with van der Waals surface area (Å²) in [4.78, 5) is 14.6. The van der Waals surface area contributed by atoms with E-state index in [0.717, 1.165) is 31.2 Å². The van der Waals surface area contributed by atoms with Crippen LogP contribution in [-0.4, -0.2) is 42.0 Å². The SMILES string of the molecule is CNC1(C(N)=O)CCCC(N(CC2CC2)C2CC2)C1. The second-order valence-electron chi connectivity index (χ2n) is 6.82. The maximum atomic E-state index is 11.8. The van der Waals surface area contributed by atoms with Crippen molar-refractivity contribution in [3.05, 3.63) is 0 Å². The number of amides is 1. The number of hydrogen-bond acceptors (Lipinski definition) is 3. The molecule has 3 N–H and O–H groups in total. The Balaban J connectivity index is 1.69. The Bertz CT molecular complexity index is 351. The van der Waals surface area contributed by atoms with Crippen LogP contribution in [0.15, 0.2) is 0 Å². The molecule has 0 bridgehead atoms. The summed E-state index contributed by atoms with van der Waals surface area (Å²) in [6.07, 6.45) is 9.67. The van der Waals surface area contributed by atoms with E-state index in [1.807, 2.05) is 7.05 Å². The first-order valence-corrected chi connectivity index (χ1v) is 7.89. The van der Waals surface area contributed by atoms with E-state index in [1.54, 1.807) is 0 Å². The first kappa shape index (κ1) is 13.4. The van der Waals surface area contributed by atoms with Gasteiger partial charge in [-0.3, -0.25) is 9.69 Å². The van der Waals surface area contributed by atoms with E-state index in [2.05, 4.69) is 10.2 Å². The molecule has 3 rings (SSSR count). The first-order valence-electron chi connectivity index (χ1n) is 7.89. The summed E-state index contributed by atoms with van der Waals surface area (Å²) >= 11 is 0. The van der Waals surface area contributed by atoms with E-state index in [-0.39, 0.29) is 5.91 Å². The van der Waals surface area contributed by atoms with Crippen LogP contribution in [0.5, 0.6) is 0 Å². The molecule has 3 fully saturated rings. The topological polar surface area (TPSA) is 58.4 Å². The molecule has 3 aliphatic rings. The number of carbonyl (C=O) groups excluding carboxylic acids is 1. The highest BCUT2D eigenvalue weighted by Crippen LogP contribution is 2.40. The van der Waals surface area contributed by atoms with E-state index in [9.17, 15) is 4.79 Å². The number of nitrogens with zero attached hydrogens (tertiary/aromatic N) is 1. The molecule has 0 aliphatic heterocycles. The minimum atomic E-state index is -0.459. The molecule has 3 saturated carbocycles. The average molecular weight is 265 g/mol. The molecule has 1 amide bonds. The molecule has 19 heavy (non-hydrogen) atoms. The zero-order valence-electron chi connectivity index (χ0n) is 12.0. The van der Waals surface area contributed by atoms with Gasteiger partial charge < -0.3 is 11.1 Å². The molecule has 0 aromatic carbocycles. The Morgan fingerprint density at radius 1 is 1.26 bits per heavy atom. The van der Waals surface area contributed by atoms with Crippen molar-refractivity contribution in [2.24, 2.45) is 11.7 Å². The van der Waals surface area contributed by atoms with Gasteiger partial charge in [-0.1, -0.05) is 0 Å². The minimum absolute atomic E-state index is 0.165. The number of nitrogens with one attached hydrogen (secondary N) is 1. The van der Waals surface area contributed by atoms with Crippen LogP contribution in [-0.2, 0) is 4.79 Å². The monoisotopic (exact) mass is 265 g/mol. The normalized spacial score (nSPS) is 35.6. The third-order valence-corrected chi connectivity index (χ3v) is 5.33. The number of nitrogens with two attached hydrogens (primary N) is 1. The van der Waals surface area contributed by atoms with Crippen molar-refractivity contribution < 1.29 is 4.79 Å². The highest BCUT2D eigenvalue weighted by atomic mass is 16.1. The van der Waals surface area contributed by atoms with Crippen LogP contribution in [0.3, 0.4) is 0 Å². The van der Waals surface area contributed by atoms with Gasteiger partial charge in [0.2, 0.25) is 5.91 Å². The fraction of sp³-hybridized carbons (Fsp3) is 0.933. The summed E-state index contributed by atoms with van der Waals surface area (Å²) < 4.78 is 0. The van der Waals surface area contributed by atoms with Gasteiger partial charge in [-0.05, 0) is 64.3 Å². The van der Waals surface area contributed by atoms with Crippen molar-refractivity contribution in [3.63, 3.8) is 0 Å². The Morgan fingerprint density at radius 2 is 2.00 bits per heavy atom. The summed E-state index contributed by atoms with van der Waals surface area (Å²) in [7, 11) is 1.88. The predicted molar refractivity (Wildman–Crippen MR) is 75.7 cm³/mol. The van der Waals surface area contributed by atoms with Crippen molar-refractivity contribution in [2.45, 2.75) is 69.0 Å². The summed E-state index contributed by atoms with van der Waals surface area (Å²) in [5.41, 5.74) is 5.20. The van der Waals surface area contributed by atoms with Crippen LogP contribution in [0.1, 0.15) is 51.4 Å². The van der Waals surface area contributed by atoms with Crippen LogP contribution in [0.2, 0.25) is 0 Å². The Morgan fingerprint density at radius 3 is 2.53 bits per heavy atom. The highest BCUT2D eigenvalue weighted by molar-refractivity contribution is 5.84. The Labute approximate surface area is 116 Å². The molecule has 0 aromatic heterocycles. The minimum Gasteiger partial charge on any atom is -0.368 e. The number of primary amides is 1. The summed E-state index contributed by atoms with van der Waals surface area (Å²) in [5, 5.41) is 3.23. The van der Waals surface area contributed by atoms with Gasteiger partial charge in [-0.15, -0.1) is 0 Å². The van der Waals surface area contributed by atoms with Crippen LogP contribution < -0.4 is 11.1 Å². The fourth-order valence-corrected chi connectivity index (χ4v) is 3.70. The largest absolute Gasteiger partial charge is 0.368 e. The molecule has 3 aliphatic carbocycles. The van der Waals surface area contributed by atoms with Gasteiger partial charge in [-0.2, -0.15) is 0 Å². The molecule has 2 unspecified atom stereocenters. The zero-order chi connectivity index (χ0) is 13.5. The smallest absolute Gasteiger partial charge is 0.237 e. The van der Waals surface area contributed by atoms with Crippen molar-refractivity contribution >= 4 is 5.91 Å². The van der Waals surface area contributed by atoms with Gasteiger partial charge >= 0.3 is 0 Å². The number of hydrogen-bond donors (Lipinski definition) is 2. The van der Waals surface area contributed by atoms with Crippen molar-refractivity contribution in [1.29, 1.82) is 0 Å². The van der Waals surface area contributed by atoms with Crippen molar-refractivity contribution in [2.75, 3.05) is 13.6 Å². The molecule has 0 saturated heterocycles. The second-order valence-corrected chi connectivity index (χ2v) is 6.82. The van der Waals surface area contributed by atoms with E-state index in [4.69, 9.17) is 5.73 Å². The molecular formula is C15H27N3O. The summed E-state index contributed by atoms with van der Waals surface area (Å²) in [6.45, 7) is 1.26. The van der Waals surface area contributed by atoms with Crippen LogP contribution in [0, 0.1) is 5.92 Å². The van der Waals surface area contributed by atoms with Gasteiger partial charge in [0.15, 0.2) is 0 Å². The average Bonchev–Trinajstić information content (AvgIpc) is 3.28. The van der Waals surface area contributed by atoms with Crippen LogP contribution >= 0.6 is 0 Å². The second kappa shape index (κ2) is 5.06. The maximum Gasteiger partial charge on any atom is 0.237 e. The summed E-state index contributed by atoms with van der Waals surface area (Å²) in [6, 6.07) is 1.35. The third kappa shape index (κ3) is 2.79. The van der Waals surface area contributed by atoms with Gasteiger partial charge in [0.05, 0.1) is 5.54 Å². The Hall–Kier alpha value is -0.610. The van der Waals surface area contributed by atoms with Gasteiger partial charge in [-0.25, -0.2) is 0 Å². The number of rotatable bonds is 6. The quantitative estimate of drug-likeness (QED) is 0.760. The van der Waals surface area contributed by atoms with Crippen molar-refractivity contribution in [1.82, 2.24) is 10.2 Å². The van der Waals surface area contributed by atoms with E-state index >= 15 is 0 Å². The molecule has 0 heterocycles. The zero-order valence-corrected chi connectivity index (χ0v) is 12.0. The van der Waals surface area contributed by atoms with Crippen LogP contribution in [0.25, 0.3) is 0 Å². The Kier molecular flexibility index (Phi) is 3.56. The lowest BCUT2D eigenvalue weighted by Gasteiger charge is -2.43. The molecule has 4 nitrogen and oxygen atoms in total. The van der Waals surface area contributed by atoms with Gasteiger partial charge in [0.1, 0.15) is 0 Å². The third-order valence-electron chi connectivity index (χ3n) is 5.33. The van der Waals surface area contributed by atoms with E-state index in [0.29, 0.717) is 6.04 Å². The first-order chi connectivity index (χ1) is 9.14. The molecule has 0 spiro atoms. The lowest BCUT2D eigenvalue weighted by Crippen LogP contribution is -2.60. The predicted octanol–water partition coefficient (Wildman–Crippen LogP) is 1.25. The van der Waals surface area contributed by atoms with Gasteiger partial charge in [0, 0.05) is 18.6 Å². The standard InChI is InChI=1S/C15H27N3O/c1-17-15(14(16)19)8-2-3-13(9-15)18(12-6-7-12)10-11-4-5-11/h11-13,17H,2-10H2,1H3,(H2,16,19). The van der Waals surface area contributed by atoms with E-state index < -0.39 is 5.54 Å². The van der Waals surface area contributed by atoms with Crippen LogP contribution in [0.4, 0.5) is 0 Å². The number of carbonyl (C=O) groups is 1. The molecular weight excluding hydrogens is 238 g/mol. The summed E-state index contributed by atoms with van der Waals surface area (Å²) in [5.74, 6) is 0.766. The van der Waals surface area contributed by atoms with Crippen molar-refractivity contribution in [3.8, 4) is 0 Å². The lowest BCUT2D eigenvalue weighted by molar-refractivity contribution is -0.126. The lowest BCUT2D eigenvalue weighted by atomic mass is 9.77. The molecule has 4 heteroatoms. The molecule has 108 valence electrons. The molecule has 0 aromatic rings.